The predicted octanol–water partition coefficient (Wildman–Crippen LogP) is 2.04. The van der Waals surface area contributed by atoms with Gasteiger partial charge in [0, 0.05) is 31.2 Å². The molecule has 8 heteroatoms. The van der Waals surface area contributed by atoms with E-state index < -0.39 is 16.0 Å². The number of aromatic carboxylic acids is 1. The standard InChI is InChI=1S/C14H18N2O4S2/c1-10(7-11-5-4-6-21-11)16(3)22(19,20)12-8-13(14(17)18)15(2)9-12/h4-6,8-10H,7H2,1-3H3,(H,17,18). The summed E-state index contributed by atoms with van der Waals surface area (Å²) >= 11 is 1.58. The molecular weight excluding hydrogens is 324 g/mol. The first kappa shape index (κ1) is 16.7. The number of rotatable bonds is 6. The van der Waals surface area contributed by atoms with Crippen LogP contribution in [-0.4, -0.2) is 41.5 Å². The Morgan fingerprint density at radius 1 is 1.50 bits per heavy atom. The van der Waals surface area contributed by atoms with E-state index in [0.717, 1.165) is 4.88 Å². The summed E-state index contributed by atoms with van der Waals surface area (Å²) in [5, 5.41) is 11.0. The van der Waals surface area contributed by atoms with Crippen molar-refractivity contribution < 1.29 is 18.3 Å². The van der Waals surface area contributed by atoms with Crippen molar-refractivity contribution in [2.75, 3.05) is 7.05 Å². The number of sulfonamides is 1. The predicted molar refractivity (Wildman–Crippen MR) is 84.8 cm³/mol. The zero-order valence-electron chi connectivity index (χ0n) is 12.6. The fourth-order valence-corrected chi connectivity index (χ4v) is 4.40. The van der Waals surface area contributed by atoms with Crippen molar-refractivity contribution in [3.63, 3.8) is 0 Å². The van der Waals surface area contributed by atoms with Crippen molar-refractivity contribution in [2.45, 2.75) is 24.3 Å². The first-order valence-corrected chi connectivity index (χ1v) is 8.95. The highest BCUT2D eigenvalue weighted by atomic mass is 32.2. The molecule has 120 valence electrons. The number of thiophene rings is 1. The van der Waals surface area contributed by atoms with Crippen molar-refractivity contribution in [1.82, 2.24) is 8.87 Å². The van der Waals surface area contributed by atoms with E-state index in [2.05, 4.69) is 0 Å². The second-order valence-corrected chi connectivity index (χ2v) is 8.16. The Balaban J connectivity index is 2.25. The lowest BCUT2D eigenvalue weighted by Crippen LogP contribution is -2.36. The highest BCUT2D eigenvalue weighted by molar-refractivity contribution is 7.89. The number of likely N-dealkylation sites (N-methyl/N-ethyl adjacent to an activating group) is 1. The molecule has 0 saturated carbocycles. The van der Waals surface area contributed by atoms with Gasteiger partial charge in [0.15, 0.2) is 0 Å². The fraction of sp³-hybridized carbons (Fsp3) is 0.357. The number of carboxylic acids is 1. The molecule has 0 aliphatic carbocycles. The van der Waals surface area contributed by atoms with Crippen LogP contribution in [0, 0.1) is 0 Å². The Morgan fingerprint density at radius 3 is 2.68 bits per heavy atom. The number of hydrogen-bond donors (Lipinski definition) is 1. The summed E-state index contributed by atoms with van der Waals surface area (Å²) < 4.78 is 27.8. The van der Waals surface area contributed by atoms with Gasteiger partial charge >= 0.3 is 5.97 Å². The summed E-state index contributed by atoms with van der Waals surface area (Å²) in [5.41, 5.74) is -0.0575. The molecule has 0 bridgehead atoms. The molecule has 6 nitrogen and oxygen atoms in total. The molecule has 1 N–H and O–H groups in total. The molecule has 0 saturated heterocycles. The molecule has 1 atom stereocenters. The number of nitrogens with zero attached hydrogens (tertiary/aromatic N) is 2. The number of carboxylic acid groups (broad SMARTS) is 1. The lowest BCUT2D eigenvalue weighted by Gasteiger charge is -2.23. The van der Waals surface area contributed by atoms with Crippen LogP contribution in [0.2, 0.25) is 0 Å². The quantitative estimate of drug-likeness (QED) is 0.871. The minimum atomic E-state index is -3.72. The van der Waals surface area contributed by atoms with Gasteiger partial charge in [-0.15, -0.1) is 11.3 Å². The summed E-state index contributed by atoms with van der Waals surface area (Å²) in [6.07, 6.45) is 1.94. The SMILES string of the molecule is CC(Cc1cccs1)N(C)S(=O)(=O)c1cc(C(=O)O)n(C)c1. The van der Waals surface area contributed by atoms with Gasteiger partial charge in [-0.3, -0.25) is 0 Å². The van der Waals surface area contributed by atoms with Crippen molar-refractivity contribution in [3.05, 3.63) is 40.3 Å². The molecule has 0 aliphatic rings. The van der Waals surface area contributed by atoms with Gasteiger partial charge in [-0.05, 0) is 30.9 Å². The largest absolute Gasteiger partial charge is 0.477 e. The number of aromatic nitrogens is 1. The minimum Gasteiger partial charge on any atom is -0.477 e. The van der Waals surface area contributed by atoms with Gasteiger partial charge in [0.1, 0.15) is 10.6 Å². The van der Waals surface area contributed by atoms with Crippen LogP contribution in [-0.2, 0) is 23.5 Å². The van der Waals surface area contributed by atoms with Gasteiger partial charge in [-0.25, -0.2) is 13.2 Å². The van der Waals surface area contributed by atoms with Crippen molar-refractivity contribution in [2.24, 2.45) is 7.05 Å². The third-order valence-corrected chi connectivity index (χ3v) is 6.41. The maximum absolute atomic E-state index is 12.6. The van der Waals surface area contributed by atoms with Crippen LogP contribution in [0.1, 0.15) is 22.3 Å². The third-order valence-electron chi connectivity index (χ3n) is 3.57. The summed E-state index contributed by atoms with van der Waals surface area (Å²) in [5.74, 6) is -1.15. The van der Waals surface area contributed by atoms with Crippen LogP contribution >= 0.6 is 11.3 Å². The van der Waals surface area contributed by atoms with E-state index in [1.54, 1.807) is 11.3 Å². The summed E-state index contributed by atoms with van der Waals surface area (Å²) in [6.45, 7) is 1.83. The van der Waals surface area contributed by atoms with Gasteiger partial charge in [0.05, 0.1) is 0 Å². The molecule has 2 aromatic rings. The zero-order chi connectivity index (χ0) is 16.5. The van der Waals surface area contributed by atoms with Crippen LogP contribution < -0.4 is 0 Å². The van der Waals surface area contributed by atoms with Gasteiger partial charge < -0.3 is 9.67 Å². The summed E-state index contributed by atoms with van der Waals surface area (Å²) in [6, 6.07) is 4.85. The molecular formula is C14H18N2O4S2. The first-order valence-electron chi connectivity index (χ1n) is 6.63. The van der Waals surface area contributed by atoms with E-state index in [1.165, 1.54) is 35.2 Å². The minimum absolute atomic E-state index is 0.00655. The zero-order valence-corrected chi connectivity index (χ0v) is 14.2. The van der Waals surface area contributed by atoms with Gasteiger partial charge in [-0.1, -0.05) is 6.07 Å². The van der Waals surface area contributed by atoms with E-state index >= 15 is 0 Å². The fourth-order valence-electron chi connectivity index (χ4n) is 2.14. The molecule has 0 fully saturated rings. The third kappa shape index (κ3) is 3.23. The Labute approximate surface area is 133 Å². The molecule has 0 amide bonds. The molecule has 2 rings (SSSR count). The topological polar surface area (TPSA) is 79.6 Å². The van der Waals surface area contributed by atoms with Crippen molar-refractivity contribution >= 4 is 27.3 Å². The second-order valence-electron chi connectivity index (χ2n) is 5.13. The monoisotopic (exact) mass is 342 g/mol. The molecule has 0 aliphatic heterocycles. The van der Waals surface area contributed by atoms with Crippen LogP contribution in [0.4, 0.5) is 0 Å². The second kappa shape index (κ2) is 6.23. The Hall–Kier alpha value is -1.64. The Bertz CT molecular complexity index is 763. The van der Waals surface area contributed by atoms with E-state index in [9.17, 15) is 13.2 Å². The average Bonchev–Trinajstić information content (AvgIpc) is 3.07. The molecule has 0 aromatic carbocycles. The van der Waals surface area contributed by atoms with Crippen LogP contribution in [0.5, 0.6) is 0 Å². The maximum Gasteiger partial charge on any atom is 0.352 e. The molecule has 1 unspecified atom stereocenters. The Morgan fingerprint density at radius 2 is 2.18 bits per heavy atom. The molecule has 2 heterocycles. The molecule has 22 heavy (non-hydrogen) atoms. The van der Waals surface area contributed by atoms with E-state index in [1.807, 2.05) is 24.4 Å². The molecule has 0 radical (unpaired) electrons. The summed E-state index contributed by atoms with van der Waals surface area (Å²) in [7, 11) is -0.696. The van der Waals surface area contributed by atoms with E-state index in [-0.39, 0.29) is 16.6 Å². The number of aryl methyl sites for hydroxylation is 1. The number of carbonyl (C=O) groups is 1. The molecule has 2 aromatic heterocycles. The van der Waals surface area contributed by atoms with Crippen molar-refractivity contribution in [1.29, 1.82) is 0 Å². The molecule has 0 spiro atoms. The van der Waals surface area contributed by atoms with Crippen LogP contribution in [0.25, 0.3) is 0 Å². The lowest BCUT2D eigenvalue weighted by molar-refractivity contribution is 0.0686. The highest BCUT2D eigenvalue weighted by Crippen LogP contribution is 2.22. The van der Waals surface area contributed by atoms with E-state index in [4.69, 9.17) is 5.11 Å². The van der Waals surface area contributed by atoms with E-state index in [0.29, 0.717) is 6.42 Å². The highest BCUT2D eigenvalue weighted by Gasteiger charge is 2.28. The van der Waals surface area contributed by atoms with Gasteiger partial charge in [0.2, 0.25) is 10.0 Å². The first-order chi connectivity index (χ1) is 10.2. The number of hydrogen-bond acceptors (Lipinski definition) is 4. The van der Waals surface area contributed by atoms with Gasteiger partial charge in [-0.2, -0.15) is 4.31 Å². The normalized spacial score (nSPS) is 13.5. The van der Waals surface area contributed by atoms with Gasteiger partial charge in [0.25, 0.3) is 0 Å². The van der Waals surface area contributed by atoms with Crippen LogP contribution in [0.3, 0.4) is 0 Å². The smallest absolute Gasteiger partial charge is 0.352 e. The average molecular weight is 342 g/mol. The lowest BCUT2D eigenvalue weighted by atomic mass is 10.2. The summed E-state index contributed by atoms with van der Waals surface area (Å²) in [4.78, 5) is 12.1. The Kier molecular flexibility index (Phi) is 4.74. The maximum atomic E-state index is 12.6. The van der Waals surface area contributed by atoms with Crippen molar-refractivity contribution in [3.8, 4) is 0 Å². The van der Waals surface area contributed by atoms with Crippen LogP contribution in [0.15, 0.2) is 34.7 Å².